The standard InChI is InChI=1S/C21H18ClNO3S2/c1-14-3-10-18(28(2,25)26)13-19(14)23-21(24)12-9-17-8-11-20(27-17)15-4-6-16(22)7-5-15/h3-13H,1-2H3,(H,23,24). The Morgan fingerprint density at radius 1 is 1.07 bits per heavy atom. The third-order valence-corrected chi connectivity index (χ3v) is 6.51. The van der Waals surface area contributed by atoms with E-state index in [-0.39, 0.29) is 10.8 Å². The van der Waals surface area contributed by atoms with E-state index in [4.69, 9.17) is 11.6 Å². The average Bonchev–Trinajstić information content (AvgIpc) is 3.10. The lowest BCUT2D eigenvalue weighted by Gasteiger charge is -2.08. The summed E-state index contributed by atoms with van der Waals surface area (Å²) in [5, 5.41) is 3.42. The SMILES string of the molecule is Cc1ccc(S(C)(=O)=O)cc1NC(=O)C=Cc1ccc(-c2ccc(Cl)cc2)s1. The van der Waals surface area contributed by atoms with Gasteiger partial charge in [0.25, 0.3) is 0 Å². The van der Waals surface area contributed by atoms with E-state index in [0.29, 0.717) is 10.7 Å². The van der Waals surface area contributed by atoms with Crippen molar-refractivity contribution in [3.05, 3.63) is 76.1 Å². The molecule has 0 aliphatic carbocycles. The van der Waals surface area contributed by atoms with Gasteiger partial charge in [-0.05, 0) is 60.5 Å². The van der Waals surface area contributed by atoms with Crippen LogP contribution >= 0.6 is 22.9 Å². The first-order chi connectivity index (χ1) is 13.2. The van der Waals surface area contributed by atoms with Gasteiger partial charge in [0.2, 0.25) is 5.91 Å². The Hall–Kier alpha value is -2.41. The lowest BCUT2D eigenvalue weighted by Crippen LogP contribution is -2.10. The van der Waals surface area contributed by atoms with Crippen molar-refractivity contribution in [1.82, 2.24) is 0 Å². The van der Waals surface area contributed by atoms with E-state index in [0.717, 1.165) is 27.1 Å². The second-order valence-electron chi connectivity index (χ2n) is 6.28. The summed E-state index contributed by atoms with van der Waals surface area (Å²) in [6, 6.07) is 16.2. The van der Waals surface area contributed by atoms with Gasteiger partial charge >= 0.3 is 0 Å². The minimum absolute atomic E-state index is 0.170. The van der Waals surface area contributed by atoms with E-state index < -0.39 is 9.84 Å². The zero-order valence-corrected chi connectivity index (χ0v) is 17.7. The lowest BCUT2D eigenvalue weighted by molar-refractivity contribution is -0.111. The molecule has 0 unspecified atom stereocenters. The summed E-state index contributed by atoms with van der Waals surface area (Å²) in [6.45, 7) is 1.81. The maximum Gasteiger partial charge on any atom is 0.248 e. The van der Waals surface area contributed by atoms with Gasteiger partial charge in [-0.15, -0.1) is 11.3 Å². The predicted molar refractivity (Wildman–Crippen MR) is 117 cm³/mol. The zero-order chi connectivity index (χ0) is 20.3. The fraction of sp³-hybridized carbons (Fsp3) is 0.0952. The Labute approximate surface area is 173 Å². The fourth-order valence-electron chi connectivity index (χ4n) is 2.51. The van der Waals surface area contributed by atoms with Gasteiger partial charge in [0, 0.05) is 32.8 Å². The van der Waals surface area contributed by atoms with E-state index in [2.05, 4.69) is 5.32 Å². The molecule has 0 bridgehead atoms. The van der Waals surface area contributed by atoms with E-state index in [9.17, 15) is 13.2 Å². The number of benzene rings is 2. The Balaban J connectivity index is 1.72. The number of hydrogen-bond donors (Lipinski definition) is 1. The molecule has 0 spiro atoms. The monoisotopic (exact) mass is 431 g/mol. The number of anilines is 1. The van der Waals surface area contributed by atoms with E-state index in [1.165, 1.54) is 18.2 Å². The van der Waals surface area contributed by atoms with Crippen LogP contribution in [0.4, 0.5) is 5.69 Å². The van der Waals surface area contributed by atoms with Gasteiger partial charge in [-0.1, -0.05) is 29.8 Å². The maximum atomic E-state index is 12.3. The number of halogens is 1. The van der Waals surface area contributed by atoms with Gasteiger partial charge in [-0.25, -0.2) is 8.42 Å². The van der Waals surface area contributed by atoms with Crippen molar-refractivity contribution in [2.75, 3.05) is 11.6 Å². The number of nitrogens with one attached hydrogen (secondary N) is 1. The van der Waals surface area contributed by atoms with Crippen molar-refractivity contribution in [2.24, 2.45) is 0 Å². The molecule has 28 heavy (non-hydrogen) atoms. The first kappa shape index (κ1) is 20.3. The Morgan fingerprint density at radius 2 is 1.79 bits per heavy atom. The molecule has 1 amide bonds. The summed E-state index contributed by atoms with van der Waals surface area (Å²) in [6.07, 6.45) is 4.30. The number of hydrogen-bond acceptors (Lipinski definition) is 4. The van der Waals surface area contributed by atoms with Crippen molar-refractivity contribution in [3.63, 3.8) is 0 Å². The normalized spacial score (nSPS) is 11.7. The largest absolute Gasteiger partial charge is 0.322 e. The predicted octanol–water partition coefficient (Wildman–Crippen LogP) is 5.43. The number of carbonyl (C=O) groups is 1. The molecule has 1 aromatic heterocycles. The van der Waals surface area contributed by atoms with Crippen LogP contribution in [0.2, 0.25) is 5.02 Å². The number of aryl methyl sites for hydroxylation is 1. The van der Waals surface area contributed by atoms with E-state index >= 15 is 0 Å². The lowest BCUT2D eigenvalue weighted by atomic mass is 10.2. The molecule has 0 atom stereocenters. The first-order valence-corrected chi connectivity index (χ1v) is 11.5. The van der Waals surface area contributed by atoms with Gasteiger partial charge < -0.3 is 5.32 Å². The smallest absolute Gasteiger partial charge is 0.248 e. The van der Waals surface area contributed by atoms with Crippen LogP contribution in [-0.2, 0) is 14.6 Å². The topological polar surface area (TPSA) is 63.2 Å². The molecule has 0 saturated heterocycles. The summed E-state index contributed by atoms with van der Waals surface area (Å²) in [5.41, 5.74) is 2.33. The molecule has 1 heterocycles. The molecule has 7 heteroatoms. The van der Waals surface area contributed by atoms with Gasteiger partial charge in [-0.3, -0.25) is 4.79 Å². The summed E-state index contributed by atoms with van der Waals surface area (Å²) < 4.78 is 23.4. The maximum absolute atomic E-state index is 12.3. The molecule has 3 rings (SSSR count). The number of thiophene rings is 1. The molecule has 4 nitrogen and oxygen atoms in total. The highest BCUT2D eigenvalue weighted by atomic mass is 35.5. The molecule has 144 valence electrons. The van der Waals surface area contributed by atoms with Crippen LogP contribution < -0.4 is 5.32 Å². The van der Waals surface area contributed by atoms with Crippen molar-refractivity contribution in [1.29, 1.82) is 0 Å². The molecule has 3 aromatic rings. The Morgan fingerprint density at radius 3 is 2.46 bits per heavy atom. The van der Waals surface area contributed by atoms with Gasteiger partial charge in [0.15, 0.2) is 9.84 Å². The Kier molecular flexibility index (Phi) is 6.03. The van der Waals surface area contributed by atoms with Gasteiger partial charge in [0.05, 0.1) is 4.90 Å². The highest BCUT2D eigenvalue weighted by Gasteiger charge is 2.10. The van der Waals surface area contributed by atoms with E-state index in [1.54, 1.807) is 23.5 Å². The van der Waals surface area contributed by atoms with Crippen LogP contribution in [-0.4, -0.2) is 20.6 Å². The molecule has 0 aliphatic heterocycles. The van der Waals surface area contributed by atoms with E-state index in [1.807, 2.05) is 43.3 Å². The second kappa shape index (κ2) is 8.31. The van der Waals surface area contributed by atoms with Crippen LogP contribution in [0.5, 0.6) is 0 Å². The number of amides is 1. The summed E-state index contributed by atoms with van der Waals surface area (Å²) in [4.78, 5) is 14.4. The zero-order valence-electron chi connectivity index (χ0n) is 15.3. The molecule has 0 saturated carbocycles. The summed E-state index contributed by atoms with van der Waals surface area (Å²) in [7, 11) is -3.34. The molecular formula is C21H18ClNO3S2. The number of rotatable bonds is 5. The number of sulfone groups is 1. The molecule has 2 aromatic carbocycles. The van der Waals surface area contributed by atoms with Crippen molar-refractivity contribution in [2.45, 2.75) is 11.8 Å². The third kappa shape index (κ3) is 5.10. The van der Waals surface area contributed by atoms with Crippen molar-refractivity contribution in [3.8, 4) is 10.4 Å². The second-order valence-corrected chi connectivity index (χ2v) is 9.85. The Bertz CT molecular complexity index is 1150. The van der Waals surface area contributed by atoms with Crippen molar-refractivity contribution < 1.29 is 13.2 Å². The van der Waals surface area contributed by atoms with Crippen LogP contribution in [0.15, 0.2) is 65.6 Å². The summed E-state index contributed by atoms with van der Waals surface area (Å²) >= 11 is 7.48. The molecule has 0 radical (unpaired) electrons. The average molecular weight is 432 g/mol. The quantitative estimate of drug-likeness (QED) is 0.547. The number of carbonyl (C=O) groups excluding carboxylic acids is 1. The molecular weight excluding hydrogens is 414 g/mol. The highest BCUT2D eigenvalue weighted by Crippen LogP contribution is 2.29. The summed E-state index contributed by atoms with van der Waals surface area (Å²) in [5.74, 6) is -0.324. The van der Waals surface area contributed by atoms with Gasteiger partial charge in [0.1, 0.15) is 0 Å². The van der Waals surface area contributed by atoms with Crippen LogP contribution in [0.3, 0.4) is 0 Å². The van der Waals surface area contributed by atoms with Crippen LogP contribution in [0, 0.1) is 6.92 Å². The van der Waals surface area contributed by atoms with Gasteiger partial charge in [-0.2, -0.15) is 0 Å². The molecule has 1 N–H and O–H groups in total. The van der Waals surface area contributed by atoms with Crippen LogP contribution in [0.1, 0.15) is 10.4 Å². The fourth-order valence-corrected chi connectivity index (χ4v) is 4.20. The molecule has 0 fully saturated rings. The van der Waals surface area contributed by atoms with Crippen molar-refractivity contribution >= 4 is 50.4 Å². The first-order valence-electron chi connectivity index (χ1n) is 8.38. The minimum Gasteiger partial charge on any atom is -0.322 e. The van der Waals surface area contributed by atoms with Crippen LogP contribution in [0.25, 0.3) is 16.5 Å². The minimum atomic E-state index is -3.34. The highest BCUT2D eigenvalue weighted by molar-refractivity contribution is 7.90. The molecule has 0 aliphatic rings. The third-order valence-electron chi connectivity index (χ3n) is 4.05.